The summed E-state index contributed by atoms with van der Waals surface area (Å²) in [6.45, 7) is -3.14. The van der Waals surface area contributed by atoms with Gasteiger partial charge in [0.1, 0.15) is 18.2 Å². The van der Waals surface area contributed by atoms with Crippen LogP contribution in [0.3, 0.4) is 0 Å². The second-order valence-corrected chi connectivity index (χ2v) is 7.03. The molecule has 0 aliphatic heterocycles. The molecular formula is C25H22NO+. The average molecular weight is 358 g/mol. The van der Waals surface area contributed by atoms with Crippen molar-refractivity contribution in [2.75, 3.05) is 0 Å². The number of nitrogens with zero attached hydrogens (tertiary/aromatic N) is 1. The van der Waals surface area contributed by atoms with Crippen LogP contribution < -0.4 is 4.57 Å². The Balaban J connectivity index is 1.81. The zero-order chi connectivity index (χ0) is 23.7. The largest absolute Gasteiger partial charge is 0.455 e. The Morgan fingerprint density at radius 3 is 2.56 bits per heavy atom. The van der Waals surface area contributed by atoms with Crippen molar-refractivity contribution in [3.8, 4) is 11.3 Å². The molecule has 0 unspecified atom stereocenters. The van der Waals surface area contributed by atoms with Crippen LogP contribution in [0.4, 0.5) is 0 Å². The van der Waals surface area contributed by atoms with Crippen LogP contribution in [0.1, 0.15) is 24.9 Å². The second kappa shape index (κ2) is 5.68. The van der Waals surface area contributed by atoms with Crippen molar-refractivity contribution >= 4 is 32.7 Å². The SMILES string of the molecule is [2H]C([2H])([2H])c1cc(-c2cc3c(cc2C)oc2c4ccccc4ccc32)[n+](C)cc1C([2H])([2H])[2H]. The molecule has 0 radical (unpaired) electrons. The lowest BCUT2D eigenvalue weighted by Crippen LogP contribution is -2.31. The van der Waals surface area contributed by atoms with Crippen molar-refractivity contribution in [1.29, 1.82) is 0 Å². The zero-order valence-corrected chi connectivity index (χ0v) is 15.1. The molecule has 5 rings (SSSR count). The van der Waals surface area contributed by atoms with E-state index in [-0.39, 0.29) is 11.1 Å². The van der Waals surface area contributed by atoms with Gasteiger partial charge in [0.05, 0.1) is 0 Å². The van der Waals surface area contributed by atoms with Gasteiger partial charge in [0, 0.05) is 41.6 Å². The molecule has 2 aromatic heterocycles. The van der Waals surface area contributed by atoms with Crippen LogP contribution in [0.2, 0.25) is 0 Å². The third kappa shape index (κ3) is 2.37. The molecule has 0 spiro atoms. The Kier molecular flexibility index (Phi) is 2.29. The number of benzene rings is 3. The summed E-state index contributed by atoms with van der Waals surface area (Å²) in [5, 5.41) is 4.02. The fraction of sp³-hybridized carbons (Fsp3) is 0.160. The van der Waals surface area contributed by atoms with Crippen LogP contribution in [0.5, 0.6) is 0 Å². The zero-order valence-electron chi connectivity index (χ0n) is 21.1. The molecule has 2 nitrogen and oxygen atoms in total. The first-order valence-electron chi connectivity index (χ1n) is 11.8. The molecule has 0 saturated carbocycles. The van der Waals surface area contributed by atoms with E-state index in [4.69, 9.17) is 12.6 Å². The first-order valence-corrected chi connectivity index (χ1v) is 8.85. The van der Waals surface area contributed by atoms with Crippen LogP contribution in [0.25, 0.3) is 44.0 Å². The third-order valence-electron chi connectivity index (χ3n) is 5.26. The van der Waals surface area contributed by atoms with E-state index in [9.17, 15) is 0 Å². The molecule has 5 aromatic rings. The highest BCUT2D eigenvalue weighted by atomic mass is 16.3. The number of rotatable bonds is 1. The Labute approximate surface area is 167 Å². The summed E-state index contributed by atoms with van der Waals surface area (Å²) < 4.78 is 55.1. The van der Waals surface area contributed by atoms with Crippen molar-refractivity contribution in [2.24, 2.45) is 7.05 Å². The molecule has 0 N–H and O–H groups in total. The molecule has 0 fully saturated rings. The summed E-state index contributed by atoms with van der Waals surface area (Å²) >= 11 is 0. The highest BCUT2D eigenvalue weighted by molar-refractivity contribution is 6.15. The Morgan fingerprint density at radius 2 is 1.70 bits per heavy atom. The topological polar surface area (TPSA) is 17.0 Å². The van der Waals surface area contributed by atoms with Gasteiger partial charge in [-0.1, -0.05) is 30.3 Å². The smallest absolute Gasteiger partial charge is 0.212 e. The molecule has 0 amide bonds. The second-order valence-electron chi connectivity index (χ2n) is 7.03. The van der Waals surface area contributed by atoms with E-state index in [1.165, 1.54) is 12.3 Å². The molecular weight excluding hydrogens is 330 g/mol. The van der Waals surface area contributed by atoms with Crippen LogP contribution in [0, 0.1) is 20.6 Å². The number of aromatic nitrogens is 1. The average Bonchev–Trinajstić information content (AvgIpc) is 3.09. The number of furan rings is 1. The van der Waals surface area contributed by atoms with Crippen molar-refractivity contribution in [3.05, 3.63) is 77.5 Å². The standard InChI is InChI=1S/C25H22NO/c1-15-11-23(26(4)14-17(15)3)21-13-22-20-10-9-18-7-5-6-8-19(18)25(20)27-24(22)12-16(21)2/h5-14H,1-4H3/q+1/i1D3,3D3. The lowest BCUT2D eigenvalue weighted by Gasteiger charge is -2.07. The molecule has 27 heavy (non-hydrogen) atoms. The highest BCUT2D eigenvalue weighted by Gasteiger charge is 2.18. The van der Waals surface area contributed by atoms with Crippen molar-refractivity contribution in [3.63, 3.8) is 0 Å². The molecule has 2 heterocycles. The van der Waals surface area contributed by atoms with E-state index < -0.39 is 13.7 Å². The lowest BCUT2D eigenvalue weighted by molar-refractivity contribution is -0.660. The van der Waals surface area contributed by atoms with Crippen LogP contribution >= 0.6 is 0 Å². The van der Waals surface area contributed by atoms with Crippen molar-refractivity contribution < 1.29 is 17.2 Å². The molecule has 2 heteroatoms. The summed E-state index contributed by atoms with van der Waals surface area (Å²) in [6.07, 6.45) is 1.41. The van der Waals surface area contributed by atoms with E-state index in [1.807, 2.05) is 49.4 Å². The van der Waals surface area contributed by atoms with Gasteiger partial charge >= 0.3 is 0 Å². The minimum Gasteiger partial charge on any atom is -0.455 e. The van der Waals surface area contributed by atoms with Crippen LogP contribution in [0.15, 0.2) is 65.2 Å². The van der Waals surface area contributed by atoms with Crippen molar-refractivity contribution in [2.45, 2.75) is 20.6 Å². The van der Waals surface area contributed by atoms with E-state index in [1.54, 1.807) is 11.6 Å². The molecule has 3 aromatic carbocycles. The van der Waals surface area contributed by atoms with Gasteiger partial charge in [0.2, 0.25) is 5.69 Å². The maximum absolute atomic E-state index is 7.93. The van der Waals surface area contributed by atoms with Gasteiger partial charge in [0.25, 0.3) is 0 Å². The van der Waals surface area contributed by atoms with Gasteiger partial charge in [-0.2, -0.15) is 0 Å². The van der Waals surface area contributed by atoms with Gasteiger partial charge in [-0.25, -0.2) is 4.57 Å². The highest BCUT2D eigenvalue weighted by Crippen LogP contribution is 2.37. The van der Waals surface area contributed by atoms with Crippen LogP contribution in [-0.4, -0.2) is 0 Å². The molecule has 0 aliphatic rings. The quantitative estimate of drug-likeness (QED) is 0.328. The maximum Gasteiger partial charge on any atom is 0.212 e. The van der Waals surface area contributed by atoms with E-state index in [2.05, 4.69) is 6.07 Å². The van der Waals surface area contributed by atoms with Crippen molar-refractivity contribution in [1.82, 2.24) is 0 Å². The number of pyridine rings is 1. The summed E-state index contributed by atoms with van der Waals surface area (Å²) in [7, 11) is 1.73. The Bertz CT molecular complexity index is 1560. The van der Waals surface area contributed by atoms with E-state index in [0.29, 0.717) is 5.69 Å². The van der Waals surface area contributed by atoms with Gasteiger partial charge in [0.15, 0.2) is 6.20 Å². The normalized spacial score (nSPS) is 15.9. The van der Waals surface area contributed by atoms with Gasteiger partial charge in [-0.3, -0.25) is 0 Å². The summed E-state index contributed by atoms with van der Waals surface area (Å²) in [6, 6.07) is 17.6. The molecule has 0 bridgehead atoms. The summed E-state index contributed by atoms with van der Waals surface area (Å²) in [4.78, 5) is 0. The first-order chi connectivity index (χ1) is 15.4. The molecule has 132 valence electrons. The predicted octanol–water partition coefficient (Wildman–Crippen LogP) is 6.16. The Morgan fingerprint density at radius 1 is 0.852 bits per heavy atom. The van der Waals surface area contributed by atoms with E-state index in [0.717, 1.165) is 43.8 Å². The third-order valence-corrected chi connectivity index (χ3v) is 5.26. The lowest BCUT2D eigenvalue weighted by atomic mass is 9.98. The first kappa shape index (κ1) is 10.9. The van der Waals surface area contributed by atoms with Crippen LogP contribution in [-0.2, 0) is 7.05 Å². The predicted molar refractivity (Wildman–Crippen MR) is 112 cm³/mol. The number of hydrogen-bond acceptors (Lipinski definition) is 1. The fourth-order valence-corrected chi connectivity index (χ4v) is 3.84. The monoisotopic (exact) mass is 358 g/mol. The Hall–Kier alpha value is -3.13. The number of aryl methyl sites for hydroxylation is 4. The molecule has 0 atom stereocenters. The molecule has 0 aliphatic carbocycles. The number of hydrogen-bond donors (Lipinski definition) is 0. The molecule has 0 saturated heterocycles. The summed E-state index contributed by atoms with van der Waals surface area (Å²) in [5.74, 6) is 0. The maximum atomic E-state index is 7.93. The fourth-order valence-electron chi connectivity index (χ4n) is 3.84. The van der Waals surface area contributed by atoms with Gasteiger partial charge in [-0.05, 0) is 55.3 Å². The minimum absolute atomic E-state index is 0.154. The van der Waals surface area contributed by atoms with Gasteiger partial charge in [-0.15, -0.1) is 0 Å². The number of fused-ring (bicyclic) bond motifs is 5. The minimum atomic E-state index is -2.55. The van der Waals surface area contributed by atoms with E-state index >= 15 is 0 Å². The van der Waals surface area contributed by atoms with Gasteiger partial charge < -0.3 is 4.42 Å². The summed E-state index contributed by atoms with van der Waals surface area (Å²) in [5.41, 5.74) is 3.60.